The Balaban J connectivity index is 1.84. The van der Waals surface area contributed by atoms with Gasteiger partial charge in [-0.15, -0.1) is 16.8 Å². The molecule has 0 aliphatic rings. The summed E-state index contributed by atoms with van der Waals surface area (Å²) in [5.41, 5.74) is 5.45. The second-order valence-electron chi connectivity index (χ2n) is 7.49. The molecule has 2 aromatic heterocycles. The summed E-state index contributed by atoms with van der Waals surface area (Å²) >= 11 is 1.14. The van der Waals surface area contributed by atoms with E-state index in [0.29, 0.717) is 23.3 Å². The van der Waals surface area contributed by atoms with E-state index < -0.39 is 22.3 Å². The Kier molecular flexibility index (Phi) is 7.22. The number of rotatable bonds is 9. The van der Waals surface area contributed by atoms with Gasteiger partial charge in [0.25, 0.3) is 5.56 Å². The van der Waals surface area contributed by atoms with Crippen LogP contribution in [0.4, 0.5) is 5.82 Å². The van der Waals surface area contributed by atoms with Crippen LogP contribution in [-0.2, 0) is 27.2 Å². The highest BCUT2D eigenvalue weighted by atomic mass is 32.2. The predicted molar refractivity (Wildman–Crippen MR) is 127 cm³/mol. The topological polar surface area (TPSA) is 127 Å². The maximum absolute atomic E-state index is 13.1. The van der Waals surface area contributed by atoms with E-state index in [1.54, 1.807) is 17.6 Å². The maximum Gasteiger partial charge on any atom is 0.332 e. The molecule has 0 amide bonds. The van der Waals surface area contributed by atoms with Crippen LogP contribution in [0.1, 0.15) is 28.7 Å². The van der Waals surface area contributed by atoms with Crippen LogP contribution in [0.3, 0.4) is 0 Å². The number of hydrogen-bond acceptors (Lipinski definition) is 8. The molecule has 3 rings (SSSR count). The first-order valence-electron chi connectivity index (χ1n) is 10.1. The molecule has 2 N–H and O–H groups in total. The van der Waals surface area contributed by atoms with Crippen molar-refractivity contribution in [1.82, 2.24) is 23.9 Å². The number of allylic oxidation sites excluding steroid dienone is 1. The van der Waals surface area contributed by atoms with E-state index in [4.69, 9.17) is 10.5 Å². The molecule has 1 aromatic carbocycles. The fourth-order valence-corrected chi connectivity index (χ4v) is 4.12. The van der Waals surface area contributed by atoms with Crippen LogP contribution >= 0.6 is 11.8 Å². The molecule has 0 aliphatic heterocycles. The van der Waals surface area contributed by atoms with E-state index in [9.17, 15) is 14.4 Å². The second kappa shape index (κ2) is 9.90. The first-order valence-corrected chi connectivity index (χ1v) is 11.0. The third-order valence-electron chi connectivity index (χ3n) is 5.07. The largest absolute Gasteiger partial charge is 0.486 e. The predicted octanol–water partition coefficient (Wildman–Crippen LogP) is 1.69. The van der Waals surface area contributed by atoms with Crippen molar-refractivity contribution < 1.29 is 9.53 Å². The minimum absolute atomic E-state index is 0.166. The van der Waals surface area contributed by atoms with Gasteiger partial charge in [0.2, 0.25) is 0 Å². The summed E-state index contributed by atoms with van der Waals surface area (Å²) in [6.07, 6.45) is 1.69. The van der Waals surface area contributed by atoms with Crippen LogP contribution in [0.5, 0.6) is 5.75 Å². The molecule has 0 saturated heterocycles. The summed E-state index contributed by atoms with van der Waals surface area (Å²) in [4.78, 5) is 37.7. The molecule has 0 saturated carbocycles. The molecular formula is C22H26N6O4S. The molecule has 0 aliphatic carbocycles. The number of Topliss-reactive ketones (excluding diaryl/α,β-unsaturated/α-hetero) is 1. The van der Waals surface area contributed by atoms with Crippen molar-refractivity contribution in [3.63, 3.8) is 0 Å². The molecule has 10 nitrogen and oxygen atoms in total. The van der Waals surface area contributed by atoms with E-state index in [0.717, 1.165) is 26.5 Å². The van der Waals surface area contributed by atoms with Crippen molar-refractivity contribution in [3.05, 3.63) is 74.7 Å². The van der Waals surface area contributed by atoms with Crippen LogP contribution in [0.15, 0.2) is 51.7 Å². The summed E-state index contributed by atoms with van der Waals surface area (Å²) in [7, 11) is 2.72. The number of thioether (sulfide) groups is 1. The molecule has 0 unspecified atom stereocenters. The average Bonchev–Trinajstić information content (AvgIpc) is 3.16. The Labute approximate surface area is 194 Å². The van der Waals surface area contributed by atoms with Crippen molar-refractivity contribution in [1.29, 1.82) is 0 Å². The zero-order valence-corrected chi connectivity index (χ0v) is 19.8. The normalized spacial score (nSPS) is 11.9. The zero-order chi connectivity index (χ0) is 24.3. The standard InChI is InChI=1S/C22H26N6O4S/c1-6-10-28-16(12-32-15-9-7-8-13(2)11-15)24-25-21(28)33-14(3)18(29)17-19(23)26(4)22(31)27(5)20(17)30/h6-9,11,14H,1,10,12,23H2,2-5H3/t14-/m1/s1. The van der Waals surface area contributed by atoms with E-state index in [2.05, 4.69) is 16.8 Å². The van der Waals surface area contributed by atoms with Gasteiger partial charge in [0.15, 0.2) is 16.8 Å². The highest BCUT2D eigenvalue weighted by Crippen LogP contribution is 2.26. The number of ketones is 1. The Bertz CT molecular complexity index is 1320. The van der Waals surface area contributed by atoms with E-state index in [1.807, 2.05) is 31.2 Å². The van der Waals surface area contributed by atoms with Crippen molar-refractivity contribution in [3.8, 4) is 5.75 Å². The SMILES string of the molecule is C=CCn1c(COc2cccc(C)c2)nnc1S[C@H](C)C(=O)c1c(N)n(C)c(=O)n(C)c1=O. The lowest BCUT2D eigenvalue weighted by molar-refractivity contribution is 0.0992. The number of aryl methyl sites for hydroxylation is 1. The first kappa shape index (κ1) is 24.1. The van der Waals surface area contributed by atoms with E-state index >= 15 is 0 Å². The Morgan fingerprint density at radius 2 is 2.00 bits per heavy atom. The van der Waals surface area contributed by atoms with Crippen LogP contribution in [0.2, 0.25) is 0 Å². The number of anilines is 1. The number of carbonyl (C=O) groups excluding carboxylic acids is 1. The number of nitrogen functional groups attached to an aromatic ring is 1. The minimum Gasteiger partial charge on any atom is -0.486 e. The number of nitrogens with two attached hydrogens (primary N) is 1. The van der Waals surface area contributed by atoms with Crippen LogP contribution in [0, 0.1) is 6.92 Å². The average molecular weight is 471 g/mol. The smallest absolute Gasteiger partial charge is 0.332 e. The molecular weight excluding hydrogens is 444 g/mol. The van der Waals surface area contributed by atoms with E-state index in [1.165, 1.54) is 14.1 Å². The van der Waals surface area contributed by atoms with Gasteiger partial charge in [0, 0.05) is 20.6 Å². The lowest BCUT2D eigenvalue weighted by atomic mass is 10.1. The molecule has 11 heteroatoms. The van der Waals surface area contributed by atoms with Gasteiger partial charge in [-0.25, -0.2) is 4.79 Å². The molecule has 2 heterocycles. The molecule has 0 bridgehead atoms. The maximum atomic E-state index is 13.1. The van der Waals surface area contributed by atoms with Crippen LogP contribution in [0.25, 0.3) is 0 Å². The second-order valence-corrected chi connectivity index (χ2v) is 8.80. The third-order valence-corrected chi connectivity index (χ3v) is 6.15. The van der Waals surface area contributed by atoms with Gasteiger partial charge >= 0.3 is 5.69 Å². The Morgan fingerprint density at radius 3 is 2.67 bits per heavy atom. The van der Waals surface area contributed by atoms with Crippen molar-refractivity contribution in [2.24, 2.45) is 14.1 Å². The van der Waals surface area contributed by atoms with Gasteiger partial charge in [-0.1, -0.05) is 30.0 Å². The lowest BCUT2D eigenvalue weighted by Crippen LogP contribution is -2.42. The minimum atomic E-state index is -0.729. The van der Waals surface area contributed by atoms with Crippen molar-refractivity contribution >= 4 is 23.4 Å². The van der Waals surface area contributed by atoms with E-state index in [-0.39, 0.29) is 18.0 Å². The third kappa shape index (κ3) is 4.92. The Hall–Kier alpha value is -3.60. The number of aromatic nitrogens is 5. The summed E-state index contributed by atoms with van der Waals surface area (Å²) in [5.74, 6) is 0.609. The number of carbonyl (C=O) groups is 1. The molecule has 33 heavy (non-hydrogen) atoms. The number of ether oxygens (including phenoxy) is 1. The molecule has 0 spiro atoms. The van der Waals surface area contributed by atoms with Gasteiger partial charge in [-0.2, -0.15) is 0 Å². The highest BCUT2D eigenvalue weighted by molar-refractivity contribution is 8.00. The number of nitrogens with zero attached hydrogens (tertiary/aromatic N) is 5. The first-order chi connectivity index (χ1) is 15.6. The van der Waals surface area contributed by atoms with Crippen molar-refractivity contribution in [2.45, 2.75) is 37.4 Å². The number of hydrogen-bond donors (Lipinski definition) is 1. The van der Waals surface area contributed by atoms with Gasteiger partial charge in [0.1, 0.15) is 23.7 Å². The fourth-order valence-electron chi connectivity index (χ4n) is 3.18. The van der Waals surface area contributed by atoms with Crippen molar-refractivity contribution in [2.75, 3.05) is 5.73 Å². The molecule has 3 aromatic rings. The quantitative estimate of drug-likeness (QED) is 0.284. The molecule has 1 atom stereocenters. The Morgan fingerprint density at radius 1 is 1.27 bits per heavy atom. The van der Waals surface area contributed by atoms with Crippen LogP contribution in [-0.4, -0.2) is 34.9 Å². The fraction of sp³-hybridized carbons (Fsp3) is 0.318. The molecule has 0 radical (unpaired) electrons. The van der Waals surface area contributed by atoms with Gasteiger partial charge in [-0.3, -0.25) is 23.3 Å². The summed E-state index contributed by atoms with van der Waals surface area (Å²) in [6.45, 7) is 7.99. The monoisotopic (exact) mass is 470 g/mol. The van der Waals surface area contributed by atoms with Gasteiger partial charge < -0.3 is 10.5 Å². The van der Waals surface area contributed by atoms with Gasteiger partial charge in [0.05, 0.1) is 5.25 Å². The number of benzene rings is 1. The summed E-state index contributed by atoms with van der Waals surface area (Å²) in [5, 5.41) is 8.16. The molecule has 0 fully saturated rings. The molecule has 174 valence electrons. The van der Waals surface area contributed by atoms with Gasteiger partial charge in [-0.05, 0) is 31.5 Å². The van der Waals surface area contributed by atoms with Crippen LogP contribution < -0.4 is 21.7 Å². The zero-order valence-electron chi connectivity index (χ0n) is 18.9. The lowest BCUT2D eigenvalue weighted by Gasteiger charge is -2.15. The highest BCUT2D eigenvalue weighted by Gasteiger charge is 2.27. The summed E-state index contributed by atoms with van der Waals surface area (Å²) in [6, 6.07) is 7.66. The summed E-state index contributed by atoms with van der Waals surface area (Å²) < 4.78 is 9.57.